The maximum atomic E-state index is 11.6. The van der Waals surface area contributed by atoms with Crippen molar-refractivity contribution in [3.63, 3.8) is 0 Å². The van der Waals surface area contributed by atoms with Crippen molar-refractivity contribution >= 4 is 11.9 Å². The van der Waals surface area contributed by atoms with E-state index in [9.17, 15) is 14.7 Å². The van der Waals surface area contributed by atoms with Crippen molar-refractivity contribution in [3.8, 4) is 28.4 Å². The first-order valence-electron chi connectivity index (χ1n) is 10.4. The van der Waals surface area contributed by atoms with Crippen LogP contribution in [0.5, 0.6) is 5.75 Å². The molecule has 2 heterocycles. The molecule has 168 valence electrons. The van der Waals surface area contributed by atoms with E-state index in [0.717, 1.165) is 33.9 Å². The second-order valence-corrected chi connectivity index (χ2v) is 7.66. The number of aliphatic carboxylic acids is 1. The van der Waals surface area contributed by atoms with Crippen molar-refractivity contribution in [2.45, 2.75) is 19.8 Å². The second kappa shape index (κ2) is 9.04. The third-order valence-corrected chi connectivity index (χ3v) is 5.54. The quantitative estimate of drug-likeness (QED) is 0.430. The van der Waals surface area contributed by atoms with Crippen molar-refractivity contribution in [2.24, 2.45) is 5.73 Å². The van der Waals surface area contributed by atoms with Gasteiger partial charge in [-0.2, -0.15) is 0 Å². The highest BCUT2D eigenvalue weighted by Crippen LogP contribution is 2.36. The molecule has 0 aliphatic heterocycles. The van der Waals surface area contributed by atoms with Crippen LogP contribution in [0.2, 0.25) is 0 Å². The van der Waals surface area contributed by atoms with Gasteiger partial charge in [0.25, 0.3) is 0 Å². The fraction of sp³-hybridized carbons (Fsp3) is 0.160. The summed E-state index contributed by atoms with van der Waals surface area (Å²) in [6.45, 7) is 1.89. The zero-order valence-electron chi connectivity index (χ0n) is 18.4. The number of nitrogens with zero attached hydrogens (tertiary/aromatic N) is 3. The Morgan fingerprint density at radius 2 is 1.94 bits per heavy atom. The molecule has 0 radical (unpaired) electrons. The number of nitrogens with two attached hydrogens (primary N) is 1. The summed E-state index contributed by atoms with van der Waals surface area (Å²) in [5, 5.41) is 9.23. The number of carboxylic acids is 1. The summed E-state index contributed by atoms with van der Waals surface area (Å²) in [6, 6.07) is 15.0. The summed E-state index contributed by atoms with van der Waals surface area (Å²) in [6.07, 6.45) is 5.62. The van der Waals surface area contributed by atoms with Gasteiger partial charge in [-0.05, 0) is 61.4 Å². The van der Waals surface area contributed by atoms with Gasteiger partial charge in [0.1, 0.15) is 5.75 Å². The molecule has 0 saturated heterocycles. The van der Waals surface area contributed by atoms with E-state index in [1.807, 2.05) is 58.7 Å². The summed E-state index contributed by atoms with van der Waals surface area (Å²) >= 11 is 0. The van der Waals surface area contributed by atoms with E-state index in [-0.39, 0.29) is 6.42 Å². The van der Waals surface area contributed by atoms with Crippen LogP contribution < -0.4 is 10.5 Å². The van der Waals surface area contributed by atoms with Crippen LogP contribution in [0.15, 0.2) is 67.3 Å². The van der Waals surface area contributed by atoms with E-state index in [2.05, 4.69) is 4.98 Å². The number of carboxylic acid groups (broad SMARTS) is 1. The van der Waals surface area contributed by atoms with Gasteiger partial charge in [0.05, 0.1) is 31.2 Å². The zero-order chi connectivity index (χ0) is 23.5. The highest BCUT2D eigenvalue weighted by molar-refractivity contribution is 5.93. The Bertz CT molecular complexity index is 1320. The van der Waals surface area contributed by atoms with Crippen LogP contribution >= 0.6 is 0 Å². The molecular formula is C25H24N4O4. The van der Waals surface area contributed by atoms with E-state index >= 15 is 0 Å². The van der Waals surface area contributed by atoms with Gasteiger partial charge in [-0.25, -0.2) is 4.98 Å². The average molecular weight is 444 g/mol. The zero-order valence-corrected chi connectivity index (χ0v) is 18.4. The van der Waals surface area contributed by atoms with Crippen molar-refractivity contribution in [3.05, 3.63) is 84.1 Å². The number of carbonyl (C=O) groups excluding carboxylic acids is 1. The third kappa shape index (κ3) is 4.36. The van der Waals surface area contributed by atoms with Crippen LogP contribution in [0, 0.1) is 6.92 Å². The number of methoxy groups -OCH3 is 1. The SMILES string of the molecule is COc1cc(-n2ccnc2)ccc1-c1ccc(CCC(=O)O)n1-c1ccc(C(N)=O)cc1C. The Kier molecular flexibility index (Phi) is 5.99. The minimum atomic E-state index is -0.868. The molecule has 0 bridgehead atoms. The number of carbonyl (C=O) groups is 2. The lowest BCUT2D eigenvalue weighted by Gasteiger charge is -2.18. The summed E-state index contributed by atoms with van der Waals surface area (Å²) < 4.78 is 9.61. The van der Waals surface area contributed by atoms with Gasteiger partial charge in [-0.1, -0.05) is 0 Å². The molecule has 8 heteroatoms. The van der Waals surface area contributed by atoms with Crippen LogP contribution in [0.1, 0.15) is 28.0 Å². The maximum absolute atomic E-state index is 11.6. The number of hydrogen-bond acceptors (Lipinski definition) is 4. The van der Waals surface area contributed by atoms with Crippen molar-refractivity contribution < 1.29 is 19.4 Å². The highest BCUT2D eigenvalue weighted by Gasteiger charge is 2.18. The average Bonchev–Trinajstić information content (AvgIpc) is 3.47. The van der Waals surface area contributed by atoms with Gasteiger partial charge >= 0.3 is 5.97 Å². The lowest BCUT2D eigenvalue weighted by atomic mass is 10.1. The Morgan fingerprint density at radius 3 is 2.58 bits per heavy atom. The number of amides is 1. The molecule has 2 aromatic heterocycles. The van der Waals surface area contributed by atoms with E-state index in [0.29, 0.717) is 17.7 Å². The molecule has 0 aliphatic rings. The number of aromatic nitrogens is 3. The smallest absolute Gasteiger partial charge is 0.303 e. The minimum absolute atomic E-state index is 0.00142. The highest BCUT2D eigenvalue weighted by atomic mass is 16.5. The summed E-state index contributed by atoms with van der Waals surface area (Å²) in [5.74, 6) is -0.704. The fourth-order valence-electron chi connectivity index (χ4n) is 3.93. The molecule has 0 atom stereocenters. The fourth-order valence-corrected chi connectivity index (χ4v) is 3.93. The lowest BCUT2D eigenvalue weighted by molar-refractivity contribution is -0.136. The second-order valence-electron chi connectivity index (χ2n) is 7.66. The number of aryl methyl sites for hydroxylation is 2. The van der Waals surface area contributed by atoms with Crippen molar-refractivity contribution in [1.29, 1.82) is 0 Å². The Balaban J connectivity index is 1.88. The molecule has 0 unspecified atom stereocenters. The summed E-state index contributed by atoms with van der Waals surface area (Å²) in [4.78, 5) is 27.0. The molecule has 1 amide bonds. The number of rotatable bonds is 8. The Labute approximate surface area is 190 Å². The van der Waals surface area contributed by atoms with Crippen LogP contribution in [-0.4, -0.2) is 38.2 Å². The molecule has 8 nitrogen and oxygen atoms in total. The maximum Gasteiger partial charge on any atom is 0.303 e. The molecule has 4 rings (SSSR count). The minimum Gasteiger partial charge on any atom is -0.496 e. The first-order valence-corrected chi connectivity index (χ1v) is 10.4. The normalized spacial score (nSPS) is 10.8. The molecule has 2 aromatic carbocycles. The molecule has 3 N–H and O–H groups in total. The number of hydrogen-bond donors (Lipinski definition) is 2. The third-order valence-electron chi connectivity index (χ3n) is 5.54. The topological polar surface area (TPSA) is 112 Å². The van der Waals surface area contributed by atoms with Gasteiger partial charge in [0.15, 0.2) is 0 Å². The van der Waals surface area contributed by atoms with E-state index in [1.165, 1.54) is 0 Å². The summed E-state index contributed by atoms with van der Waals surface area (Å²) in [7, 11) is 1.61. The molecule has 0 spiro atoms. The monoisotopic (exact) mass is 444 g/mol. The number of ether oxygens (including phenoxy) is 1. The van der Waals surface area contributed by atoms with Crippen LogP contribution in [-0.2, 0) is 11.2 Å². The standard InChI is InChI=1S/C25H24N4O4/c1-16-13-17(25(26)32)3-8-21(16)29-18(6-10-24(30)31)5-9-22(29)20-7-4-19(14-23(20)33-2)28-12-11-27-15-28/h3-5,7-9,11-15H,6,10H2,1-2H3,(H2,26,32)(H,30,31). The van der Waals surface area contributed by atoms with Gasteiger partial charge < -0.3 is 24.7 Å². The predicted molar refractivity (Wildman–Crippen MR) is 124 cm³/mol. The molecular weight excluding hydrogens is 420 g/mol. The first-order chi connectivity index (χ1) is 15.9. The van der Waals surface area contributed by atoms with Gasteiger partial charge in [0, 0.05) is 41.0 Å². The predicted octanol–water partition coefficient (Wildman–Crippen LogP) is 3.76. The van der Waals surface area contributed by atoms with Crippen molar-refractivity contribution in [2.75, 3.05) is 7.11 Å². The van der Waals surface area contributed by atoms with E-state index in [1.54, 1.807) is 31.8 Å². The molecule has 0 fully saturated rings. The number of imidazole rings is 1. The first kappa shape index (κ1) is 21.9. The summed E-state index contributed by atoms with van der Waals surface area (Å²) in [5.41, 5.74) is 11.0. The van der Waals surface area contributed by atoms with Gasteiger partial charge in [-0.15, -0.1) is 0 Å². The van der Waals surface area contributed by atoms with Crippen molar-refractivity contribution in [1.82, 2.24) is 14.1 Å². The number of primary amides is 1. The molecule has 0 aliphatic carbocycles. The number of benzene rings is 2. The van der Waals surface area contributed by atoms with Gasteiger partial charge in [-0.3, -0.25) is 9.59 Å². The molecule has 4 aromatic rings. The molecule has 33 heavy (non-hydrogen) atoms. The molecule has 0 saturated carbocycles. The van der Waals surface area contributed by atoms with E-state index in [4.69, 9.17) is 10.5 Å². The van der Waals surface area contributed by atoms with Crippen LogP contribution in [0.25, 0.3) is 22.6 Å². The van der Waals surface area contributed by atoms with Crippen LogP contribution in [0.3, 0.4) is 0 Å². The van der Waals surface area contributed by atoms with Gasteiger partial charge in [0.2, 0.25) is 5.91 Å². The van der Waals surface area contributed by atoms with E-state index < -0.39 is 11.9 Å². The van der Waals surface area contributed by atoms with Crippen LogP contribution in [0.4, 0.5) is 0 Å². The Hall–Kier alpha value is -4.33. The lowest BCUT2D eigenvalue weighted by Crippen LogP contribution is -2.12. The largest absolute Gasteiger partial charge is 0.496 e. The Morgan fingerprint density at radius 1 is 1.12 bits per heavy atom.